The van der Waals surface area contributed by atoms with Gasteiger partial charge in [-0.25, -0.2) is 4.98 Å². The normalized spacial score (nSPS) is 10.7. The van der Waals surface area contributed by atoms with E-state index in [1.54, 1.807) is 11.8 Å². The lowest BCUT2D eigenvalue weighted by molar-refractivity contribution is 1.05. The topological polar surface area (TPSA) is 38.9 Å². The number of hydrogen-bond donors (Lipinski definition) is 1. The summed E-state index contributed by atoms with van der Waals surface area (Å²) in [4.78, 5) is 5.67. The first-order valence-corrected chi connectivity index (χ1v) is 7.25. The highest BCUT2D eigenvalue weighted by molar-refractivity contribution is 9.10. The Hall–Kier alpha value is -1.00. The van der Waals surface area contributed by atoms with Gasteiger partial charge in [-0.3, -0.25) is 0 Å². The van der Waals surface area contributed by atoms with Gasteiger partial charge in [-0.15, -0.1) is 0 Å². The molecule has 0 aliphatic carbocycles. The lowest BCUT2D eigenvalue weighted by Gasteiger charge is -2.08. The molecule has 0 aliphatic rings. The molecule has 0 saturated carbocycles. The smallest absolute Gasteiger partial charge is 0.101 e. The Morgan fingerprint density at radius 1 is 1.11 bits per heavy atom. The number of nitrogens with zero attached hydrogens (tertiary/aromatic N) is 1. The number of aryl methyl sites for hydroxylation is 3. The van der Waals surface area contributed by atoms with Crippen LogP contribution < -0.4 is 5.73 Å². The Balaban J connectivity index is 2.36. The van der Waals surface area contributed by atoms with Gasteiger partial charge >= 0.3 is 0 Å². The maximum absolute atomic E-state index is 5.88. The second kappa shape index (κ2) is 5.33. The number of hydrogen-bond acceptors (Lipinski definition) is 3. The summed E-state index contributed by atoms with van der Waals surface area (Å²) in [6, 6.07) is 8.20. The lowest BCUT2D eigenvalue weighted by atomic mass is 10.2. The Labute approximate surface area is 120 Å². The van der Waals surface area contributed by atoms with Crippen molar-refractivity contribution in [1.29, 1.82) is 0 Å². The number of nitrogen functional groups attached to an aromatic ring is 1. The number of anilines is 1. The lowest BCUT2D eigenvalue weighted by Crippen LogP contribution is -1.91. The number of nitrogens with two attached hydrogens (primary N) is 1. The zero-order valence-corrected chi connectivity index (χ0v) is 13.0. The second-order valence-electron chi connectivity index (χ2n) is 4.37. The Kier molecular flexibility index (Phi) is 3.97. The maximum atomic E-state index is 5.88. The van der Waals surface area contributed by atoms with E-state index in [1.165, 1.54) is 5.56 Å². The monoisotopic (exact) mass is 322 g/mol. The third-order valence-corrected chi connectivity index (χ3v) is 4.50. The summed E-state index contributed by atoms with van der Waals surface area (Å²) in [6.07, 6.45) is 0. The van der Waals surface area contributed by atoms with Gasteiger partial charge in [0, 0.05) is 20.7 Å². The molecule has 0 bridgehead atoms. The summed E-state index contributed by atoms with van der Waals surface area (Å²) in [5.74, 6) is 0. The van der Waals surface area contributed by atoms with Crippen LogP contribution >= 0.6 is 27.7 Å². The summed E-state index contributed by atoms with van der Waals surface area (Å²) in [5.41, 5.74) is 10.0. The van der Waals surface area contributed by atoms with E-state index in [0.717, 1.165) is 31.3 Å². The molecule has 2 aromatic rings. The Morgan fingerprint density at radius 3 is 2.50 bits per heavy atom. The van der Waals surface area contributed by atoms with Crippen molar-refractivity contribution in [2.45, 2.75) is 30.7 Å². The van der Waals surface area contributed by atoms with E-state index in [1.807, 2.05) is 19.9 Å². The summed E-state index contributed by atoms with van der Waals surface area (Å²) in [6.45, 7) is 6.11. The molecule has 1 aromatic carbocycles. The molecular weight excluding hydrogens is 308 g/mol. The van der Waals surface area contributed by atoms with Crippen molar-refractivity contribution < 1.29 is 0 Å². The molecule has 0 amide bonds. The third kappa shape index (κ3) is 3.06. The van der Waals surface area contributed by atoms with Crippen LogP contribution in [0.25, 0.3) is 0 Å². The van der Waals surface area contributed by atoms with Crippen LogP contribution in [-0.2, 0) is 0 Å². The first kappa shape index (κ1) is 13.4. The largest absolute Gasteiger partial charge is 0.398 e. The molecular formula is C14H15BrN2S. The maximum Gasteiger partial charge on any atom is 0.101 e. The SMILES string of the molecule is Cc1cc(C)nc(Sc2cc(C)c(N)cc2Br)c1. The van der Waals surface area contributed by atoms with Gasteiger partial charge in [-0.2, -0.15) is 0 Å². The average molecular weight is 323 g/mol. The van der Waals surface area contributed by atoms with Crippen molar-refractivity contribution in [2.24, 2.45) is 0 Å². The molecule has 4 heteroatoms. The zero-order valence-electron chi connectivity index (χ0n) is 10.6. The van der Waals surface area contributed by atoms with Crippen LogP contribution in [0.3, 0.4) is 0 Å². The summed E-state index contributed by atoms with van der Waals surface area (Å²) < 4.78 is 1.01. The van der Waals surface area contributed by atoms with Gasteiger partial charge in [0.1, 0.15) is 5.03 Å². The minimum Gasteiger partial charge on any atom is -0.398 e. The van der Waals surface area contributed by atoms with Crippen LogP contribution in [0.2, 0.25) is 0 Å². The molecule has 18 heavy (non-hydrogen) atoms. The molecule has 0 saturated heterocycles. The second-order valence-corrected chi connectivity index (χ2v) is 6.28. The number of halogens is 1. The molecule has 94 valence electrons. The van der Waals surface area contributed by atoms with Gasteiger partial charge in [-0.1, -0.05) is 11.8 Å². The third-order valence-electron chi connectivity index (χ3n) is 2.61. The first-order valence-electron chi connectivity index (χ1n) is 5.64. The van der Waals surface area contributed by atoms with Crippen LogP contribution in [0.1, 0.15) is 16.8 Å². The van der Waals surface area contributed by atoms with Crippen LogP contribution in [0.15, 0.2) is 38.7 Å². The number of aromatic nitrogens is 1. The minimum absolute atomic E-state index is 0.805. The van der Waals surface area contributed by atoms with Crippen LogP contribution in [-0.4, -0.2) is 4.98 Å². The number of rotatable bonds is 2. The highest BCUT2D eigenvalue weighted by atomic mass is 79.9. The van der Waals surface area contributed by atoms with Gasteiger partial charge in [0.25, 0.3) is 0 Å². The predicted molar refractivity (Wildman–Crippen MR) is 81.1 cm³/mol. The van der Waals surface area contributed by atoms with Crippen molar-refractivity contribution in [2.75, 3.05) is 5.73 Å². The van der Waals surface area contributed by atoms with Crippen molar-refractivity contribution in [3.8, 4) is 0 Å². The fourth-order valence-electron chi connectivity index (χ4n) is 1.72. The molecule has 2 rings (SSSR count). The van der Waals surface area contributed by atoms with Crippen molar-refractivity contribution >= 4 is 33.4 Å². The van der Waals surface area contributed by atoms with E-state index < -0.39 is 0 Å². The standard InChI is InChI=1S/C14H15BrN2S/c1-8-4-10(3)17-14(5-8)18-13-6-9(2)12(16)7-11(13)15/h4-7H,16H2,1-3H3. The van der Waals surface area contributed by atoms with Gasteiger partial charge < -0.3 is 5.73 Å². The molecule has 1 heterocycles. The van der Waals surface area contributed by atoms with Gasteiger partial charge in [0.05, 0.1) is 0 Å². The van der Waals surface area contributed by atoms with E-state index >= 15 is 0 Å². The quantitative estimate of drug-likeness (QED) is 0.827. The summed E-state index contributed by atoms with van der Waals surface area (Å²) in [5, 5.41) is 1.01. The molecule has 0 atom stereocenters. The highest BCUT2D eigenvalue weighted by Crippen LogP contribution is 2.35. The van der Waals surface area contributed by atoms with E-state index in [4.69, 9.17) is 5.73 Å². The summed E-state index contributed by atoms with van der Waals surface area (Å²) >= 11 is 5.20. The molecule has 0 unspecified atom stereocenters. The molecule has 2 N–H and O–H groups in total. The van der Waals surface area contributed by atoms with Crippen molar-refractivity contribution in [3.05, 3.63) is 45.6 Å². The predicted octanol–water partition coefficient (Wildman–Crippen LogP) is 4.50. The minimum atomic E-state index is 0.805. The van der Waals surface area contributed by atoms with Crippen LogP contribution in [0, 0.1) is 20.8 Å². The number of benzene rings is 1. The van der Waals surface area contributed by atoms with E-state index in [9.17, 15) is 0 Å². The van der Waals surface area contributed by atoms with Gasteiger partial charge in [0.2, 0.25) is 0 Å². The zero-order chi connectivity index (χ0) is 13.3. The molecule has 0 spiro atoms. The van der Waals surface area contributed by atoms with Crippen molar-refractivity contribution in [3.63, 3.8) is 0 Å². The molecule has 0 radical (unpaired) electrons. The van der Waals surface area contributed by atoms with E-state index in [-0.39, 0.29) is 0 Å². The average Bonchev–Trinajstić information content (AvgIpc) is 2.24. The fraction of sp³-hybridized carbons (Fsp3) is 0.214. The molecule has 0 aliphatic heterocycles. The van der Waals surface area contributed by atoms with E-state index in [2.05, 4.69) is 46.0 Å². The fourth-order valence-corrected chi connectivity index (χ4v) is 3.37. The molecule has 1 aromatic heterocycles. The van der Waals surface area contributed by atoms with E-state index in [0.29, 0.717) is 0 Å². The van der Waals surface area contributed by atoms with Gasteiger partial charge in [0.15, 0.2) is 0 Å². The van der Waals surface area contributed by atoms with Crippen molar-refractivity contribution in [1.82, 2.24) is 4.98 Å². The number of pyridine rings is 1. The Bertz CT molecular complexity index is 576. The molecule has 0 fully saturated rings. The Morgan fingerprint density at radius 2 is 1.83 bits per heavy atom. The molecule has 2 nitrogen and oxygen atoms in total. The van der Waals surface area contributed by atoms with Crippen LogP contribution in [0.4, 0.5) is 5.69 Å². The van der Waals surface area contributed by atoms with Crippen LogP contribution in [0.5, 0.6) is 0 Å². The summed E-state index contributed by atoms with van der Waals surface area (Å²) in [7, 11) is 0. The highest BCUT2D eigenvalue weighted by Gasteiger charge is 2.07. The first-order chi connectivity index (χ1) is 8.45. The van der Waals surface area contributed by atoms with Gasteiger partial charge in [-0.05, 0) is 72.1 Å².